The number of aromatic nitrogens is 2. The summed E-state index contributed by atoms with van der Waals surface area (Å²) in [6.07, 6.45) is 2.00. The smallest absolute Gasteiger partial charge is 0.262 e. The van der Waals surface area contributed by atoms with Gasteiger partial charge in [0, 0.05) is 19.1 Å². The molecule has 1 aromatic heterocycles. The molecule has 0 N–H and O–H groups in total. The third-order valence-electron chi connectivity index (χ3n) is 4.21. The highest BCUT2D eigenvalue weighted by molar-refractivity contribution is 7.99. The van der Waals surface area contributed by atoms with Crippen LogP contribution in [0.3, 0.4) is 0 Å². The highest BCUT2D eigenvalue weighted by Gasteiger charge is 2.29. The quantitative estimate of drug-likeness (QED) is 0.434. The molecule has 1 amide bonds. The van der Waals surface area contributed by atoms with Crippen LogP contribution in [0.15, 0.2) is 46.4 Å². The monoisotopic (exact) mass is 357 g/mol. The molecule has 0 bridgehead atoms. The highest BCUT2D eigenvalue weighted by atomic mass is 32.2. The Hall–Kier alpha value is -2.08. The van der Waals surface area contributed by atoms with E-state index in [9.17, 15) is 9.59 Å². The molecular formula is C19H23N3O2S. The van der Waals surface area contributed by atoms with Gasteiger partial charge < -0.3 is 4.90 Å². The van der Waals surface area contributed by atoms with E-state index in [2.05, 4.69) is 11.6 Å². The van der Waals surface area contributed by atoms with Crippen molar-refractivity contribution in [3.05, 3.63) is 46.8 Å². The van der Waals surface area contributed by atoms with Gasteiger partial charge >= 0.3 is 0 Å². The van der Waals surface area contributed by atoms with Gasteiger partial charge in [0.2, 0.25) is 5.91 Å². The van der Waals surface area contributed by atoms with Crippen molar-refractivity contribution in [3.63, 3.8) is 0 Å². The van der Waals surface area contributed by atoms with Crippen molar-refractivity contribution < 1.29 is 4.79 Å². The molecular weight excluding hydrogens is 334 g/mol. The van der Waals surface area contributed by atoms with E-state index in [0.717, 1.165) is 18.4 Å². The summed E-state index contributed by atoms with van der Waals surface area (Å²) in [5.74, 6) is 0.318. The summed E-state index contributed by atoms with van der Waals surface area (Å²) in [4.78, 5) is 31.7. The molecule has 1 aliphatic rings. The summed E-state index contributed by atoms with van der Waals surface area (Å²) < 4.78 is 1.77. The number of hydrogen-bond acceptors (Lipinski definition) is 4. The predicted octanol–water partition coefficient (Wildman–Crippen LogP) is 3.25. The van der Waals surface area contributed by atoms with Crippen LogP contribution in [0.1, 0.15) is 32.7 Å². The molecule has 0 radical (unpaired) electrons. The molecule has 132 valence electrons. The summed E-state index contributed by atoms with van der Waals surface area (Å²) in [6, 6.07) is 7.62. The van der Waals surface area contributed by atoms with Crippen molar-refractivity contribution in [3.8, 4) is 0 Å². The fourth-order valence-corrected chi connectivity index (χ4v) is 3.77. The number of nitrogens with zero attached hydrogens (tertiary/aromatic N) is 3. The Labute approximate surface area is 151 Å². The van der Waals surface area contributed by atoms with E-state index in [0.29, 0.717) is 29.1 Å². The van der Waals surface area contributed by atoms with Gasteiger partial charge in [-0.2, -0.15) is 0 Å². The number of likely N-dealkylation sites (N-methyl/N-ethyl adjacent to an activating group) is 1. The summed E-state index contributed by atoms with van der Waals surface area (Å²) in [5.41, 5.74) is 1.64. The van der Waals surface area contributed by atoms with Gasteiger partial charge in [0.15, 0.2) is 5.16 Å². The van der Waals surface area contributed by atoms with E-state index < -0.39 is 0 Å². The lowest BCUT2D eigenvalue weighted by Crippen LogP contribution is -2.33. The minimum atomic E-state index is -0.00247. The fraction of sp³-hybridized carbons (Fsp3) is 0.421. The molecule has 3 rings (SSSR count). The van der Waals surface area contributed by atoms with E-state index in [1.807, 2.05) is 38.1 Å². The van der Waals surface area contributed by atoms with Crippen molar-refractivity contribution in [2.24, 2.45) is 0 Å². The molecule has 25 heavy (non-hydrogen) atoms. The van der Waals surface area contributed by atoms with Crippen molar-refractivity contribution in [2.45, 2.75) is 37.9 Å². The van der Waals surface area contributed by atoms with Crippen molar-refractivity contribution in [1.82, 2.24) is 14.5 Å². The number of carbonyl (C=O) groups is 1. The van der Waals surface area contributed by atoms with Crippen LogP contribution < -0.4 is 5.56 Å². The highest BCUT2D eigenvalue weighted by Crippen LogP contribution is 2.36. The molecule has 0 aliphatic heterocycles. The average Bonchev–Trinajstić information content (AvgIpc) is 3.42. The van der Waals surface area contributed by atoms with Gasteiger partial charge in [0.05, 0.1) is 16.7 Å². The Balaban J connectivity index is 1.86. The molecule has 1 heterocycles. The normalized spacial score (nSPS) is 13.8. The molecule has 0 saturated heterocycles. The van der Waals surface area contributed by atoms with E-state index in [1.54, 1.807) is 9.47 Å². The molecule has 2 aromatic rings. The number of rotatable bonds is 7. The largest absolute Gasteiger partial charge is 0.338 e. The van der Waals surface area contributed by atoms with Crippen LogP contribution in [0.2, 0.25) is 0 Å². The number of thioether (sulfide) groups is 1. The zero-order valence-corrected chi connectivity index (χ0v) is 15.5. The molecule has 0 atom stereocenters. The number of carbonyl (C=O) groups excluding carboxylic acids is 1. The van der Waals surface area contributed by atoms with Crippen molar-refractivity contribution in [2.75, 3.05) is 18.8 Å². The van der Waals surface area contributed by atoms with Gasteiger partial charge in [-0.05, 0) is 38.8 Å². The predicted molar refractivity (Wildman–Crippen MR) is 102 cm³/mol. The maximum atomic E-state index is 12.8. The maximum absolute atomic E-state index is 12.8. The molecule has 1 aromatic carbocycles. The number of fused-ring (bicyclic) bond motifs is 1. The Morgan fingerprint density at radius 2 is 2.12 bits per heavy atom. The van der Waals surface area contributed by atoms with Crippen LogP contribution in [0, 0.1) is 0 Å². The molecule has 0 unspecified atom stereocenters. The van der Waals surface area contributed by atoms with Crippen molar-refractivity contribution >= 4 is 28.6 Å². The van der Waals surface area contributed by atoms with Crippen LogP contribution >= 0.6 is 11.8 Å². The lowest BCUT2D eigenvalue weighted by Gasteiger charge is -2.21. The molecule has 1 aliphatic carbocycles. The van der Waals surface area contributed by atoms with E-state index >= 15 is 0 Å². The number of benzene rings is 1. The van der Waals surface area contributed by atoms with Crippen LogP contribution in [0.4, 0.5) is 0 Å². The summed E-state index contributed by atoms with van der Waals surface area (Å²) in [6.45, 7) is 8.96. The SMILES string of the molecule is C=C(C)CN(CC)C(=O)CSc1nc2ccccc2c(=O)n1C1CC1. The van der Waals surface area contributed by atoms with Gasteiger partial charge in [-0.25, -0.2) is 4.98 Å². The average molecular weight is 357 g/mol. The standard InChI is InChI=1S/C19H23N3O2S/c1-4-21(11-13(2)3)17(23)12-25-19-20-16-8-6-5-7-15(16)18(24)22(19)14-9-10-14/h5-8,14H,2,4,9-12H2,1,3H3. The zero-order chi connectivity index (χ0) is 18.0. The van der Waals surface area contributed by atoms with Crippen LogP contribution in [0.5, 0.6) is 0 Å². The maximum Gasteiger partial charge on any atom is 0.262 e. The van der Waals surface area contributed by atoms with E-state index in [4.69, 9.17) is 0 Å². The summed E-state index contributed by atoms with van der Waals surface area (Å²) in [5, 5.41) is 1.29. The second-order valence-electron chi connectivity index (χ2n) is 6.47. The number of amides is 1. The molecule has 1 saturated carbocycles. The topological polar surface area (TPSA) is 55.2 Å². The second kappa shape index (κ2) is 7.44. The minimum Gasteiger partial charge on any atom is -0.338 e. The first-order valence-electron chi connectivity index (χ1n) is 8.57. The Morgan fingerprint density at radius 3 is 2.76 bits per heavy atom. The van der Waals surface area contributed by atoms with Crippen LogP contribution in [-0.2, 0) is 4.79 Å². The third-order valence-corrected chi connectivity index (χ3v) is 5.14. The van der Waals surface area contributed by atoms with Crippen molar-refractivity contribution in [1.29, 1.82) is 0 Å². The second-order valence-corrected chi connectivity index (χ2v) is 7.41. The third kappa shape index (κ3) is 3.95. The van der Waals surface area contributed by atoms with E-state index in [-0.39, 0.29) is 23.3 Å². The first-order valence-corrected chi connectivity index (χ1v) is 9.56. The van der Waals surface area contributed by atoms with Crippen LogP contribution in [0.25, 0.3) is 10.9 Å². The van der Waals surface area contributed by atoms with E-state index in [1.165, 1.54) is 11.8 Å². The Bertz CT molecular complexity index is 871. The Kier molecular flexibility index (Phi) is 5.27. The summed E-state index contributed by atoms with van der Waals surface area (Å²) in [7, 11) is 0. The summed E-state index contributed by atoms with van der Waals surface area (Å²) >= 11 is 1.35. The molecule has 5 nitrogen and oxygen atoms in total. The van der Waals surface area contributed by atoms with Gasteiger partial charge in [-0.1, -0.05) is 36.0 Å². The molecule has 6 heteroatoms. The molecule has 0 spiro atoms. The number of hydrogen-bond donors (Lipinski definition) is 0. The van der Waals surface area contributed by atoms with Gasteiger partial charge in [0.25, 0.3) is 5.56 Å². The van der Waals surface area contributed by atoms with Crippen LogP contribution in [-0.4, -0.2) is 39.2 Å². The lowest BCUT2D eigenvalue weighted by atomic mass is 10.2. The minimum absolute atomic E-state index is 0.00247. The lowest BCUT2D eigenvalue weighted by molar-refractivity contribution is -0.127. The zero-order valence-electron chi connectivity index (χ0n) is 14.7. The van der Waals surface area contributed by atoms with Gasteiger partial charge in [0.1, 0.15) is 0 Å². The Morgan fingerprint density at radius 1 is 1.40 bits per heavy atom. The fourth-order valence-electron chi connectivity index (χ4n) is 2.80. The molecule has 1 fully saturated rings. The van der Waals surface area contributed by atoms with Gasteiger partial charge in [-0.15, -0.1) is 0 Å². The first kappa shape index (κ1) is 17.7. The van der Waals surface area contributed by atoms with Gasteiger partial charge in [-0.3, -0.25) is 14.2 Å². The first-order chi connectivity index (χ1) is 12.0. The number of para-hydroxylation sites is 1.